The molecule has 4 rings (SSSR count). The quantitative estimate of drug-likeness (QED) is 0.232. The minimum Gasteiger partial charge on any atom is -0.493 e. The van der Waals surface area contributed by atoms with Crippen LogP contribution < -0.4 is 36.1 Å². The lowest BCUT2D eigenvalue weighted by molar-refractivity contribution is -0.133. The van der Waals surface area contributed by atoms with E-state index in [1.165, 1.54) is 7.11 Å². The fourth-order valence-electron chi connectivity index (χ4n) is 5.43. The van der Waals surface area contributed by atoms with Gasteiger partial charge in [-0.1, -0.05) is 50.2 Å². The van der Waals surface area contributed by atoms with E-state index in [-0.39, 0.29) is 49.4 Å². The summed E-state index contributed by atoms with van der Waals surface area (Å²) in [4.78, 5) is 69.4. The van der Waals surface area contributed by atoms with Crippen LogP contribution in [-0.2, 0) is 32.0 Å². The van der Waals surface area contributed by atoms with Crippen LogP contribution in [0.3, 0.4) is 0 Å². The highest BCUT2D eigenvalue weighted by atomic mass is 16.5. The maximum atomic E-state index is 13.8. The molecular weight excluding hydrogens is 628 g/mol. The molecule has 0 unspecified atom stereocenters. The van der Waals surface area contributed by atoms with Crippen LogP contribution in [0.25, 0.3) is 0 Å². The molecule has 0 spiro atoms. The number of fused-ring (bicyclic) bond motifs is 2. The van der Waals surface area contributed by atoms with Gasteiger partial charge in [-0.05, 0) is 67.0 Å². The predicted octanol–water partition coefficient (Wildman–Crippen LogP) is 2.03. The van der Waals surface area contributed by atoms with E-state index in [4.69, 9.17) is 9.47 Å². The van der Waals surface area contributed by atoms with Crippen molar-refractivity contribution in [3.05, 3.63) is 83.7 Å². The van der Waals surface area contributed by atoms with E-state index in [9.17, 15) is 24.0 Å². The van der Waals surface area contributed by atoms with Gasteiger partial charge in [0, 0.05) is 25.7 Å². The van der Waals surface area contributed by atoms with Gasteiger partial charge >= 0.3 is 0 Å². The van der Waals surface area contributed by atoms with Crippen molar-refractivity contribution >= 4 is 29.5 Å². The van der Waals surface area contributed by atoms with E-state index in [0.29, 0.717) is 37.3 Å². The van der Waals surface area contributed by atoms with Crippen molar-refractivity contribution in [2.45, 2.75) is 64.1 Å². The van der Waals surface area contributed by atoms with Gasteiger partial charge in [0.1, 0.15) is 23.8 Å². The highest BCUT2D eigenvalue weighted by Gasteiger charge is 2.31. The molecule has 0 radical (unpaired) electrons. The maximum Gasteiger partial charge on any atom is 0.268 e. The second-order valence-corrected chi connectivity index (χ2v) is 12.3. The second-order valence-electron chi connectivity index (χ2n) is 12.3. The summed E-state index contributed by atoms with van der Waals surface area (Å²) >= 11 is 0. The van der Waals surface area contributed by atoms with Crippen molar-refractivity contribution in [2.24, 2.45) is 5.92 Å². The van der Waals surface area contributed by atoms with Crippen LogP contribution in [0.1, 0.15) is 54.7 Å². The zero-order valence-corrected chi connectivity index (χ0v) is 28.2. The van der Waals surface area contributed by atoms with E-state index in [0.717, 1.165) is 11.1 Å². The number of carbonyl (C=O) groups is 5. The lowest BCUT2D eigenvalue weighted by Gasteiger charge is -2.27. The van der Waals surface area contributed by atoms with Crippen LogP contribution in [0.4, 0.5) is 0 Å². The minimum atomic E-state index is -1.05. The summed E-state index contributed by atoms with van der Waals surface area (Å²) in [5.41, 5.74) is 2.00. The summed E-state index contributed by atoms with van der Waals surface area (Å²) < 4.78 is 11.2. The Labute approximate surface area is 286 Å². The summed E-state index contributed by atoms with van der Waals surface area (Å²) in [6.45, 7) is 3.98. The number of hydrogen-bond acceptors (Lipinski definition) is 7. The first kappa shape index (κ1) is 36.5. The van der Waals surface area contributed by atoms with Gasteiger partial charge in [-0.3, -0.25) is 24.0 Å². The Kier molecular flexibility index (Phi) is 13.6. The predicted molar refractivity (Wildman–Crippen MR) is 183 cm³/mol. The van der Waals surface area contributed by atoms with Gasteiger partial charge in [0.2, 0.25) is 17.7 Å². The molecule has 0 saturated carbocycles. The number of amides is 5. The zero-order chi connectivity index (χ0) is 35.2. The molecule has 2 heterocycles. The van der Waals surface area contributed by atoms with Crippen LogP contribution in [0, 0.1) is 5.92 Å². The molecule has 1 aliphatic rings. The van der Waals surface area contributed by atoms with Crippen molar-refractivity contribution < 1.29 is 33.4 Å². The smallest absolute Gasteiger partial charge is 0.268 e. The Morgan fingerprint density at radius 3 is 2.41 bits per heavy atom. The Balaban J connectivity index is 1.59. The standard InChI is InChI=1S/C36H46N6O7/c1-23(2)32-36(47)39-19-7-12-25-15-16-29(48-3)30(21-25)49-22-31(43)38-18-9-14-27(40-33(44)26-13-8-17-37-26)34(45)41-28(35(46)42-32)20-24-10-5-4-6-11-24/h4-6,8,10-11,13,15-17,21,23,27-28,32,37H,7,9,12,14,18-20,22H2,1-3H3,(H,38,43)(H,39,47)(H,40,44)(H,41,45)(H,42,46)/t27-,28-,32+/m0/s1. The molecule has 1 aliphatic heterocycles. The second kappa shape index (κ2) is 18.3. The van der Waals surface area contributed by atoms with E-state index >= 15 is 0 Å². The molecule has 262 valence electrons. The topological polar surface area (TPSA) is 180 Å². The highest BCUT2D eigenvalue weighted by molar-refractivity contribution is 5.98. The van der Waals surface area contributed by atoms with Gasteiger partial charge in [0.15, 0.2) is 18.1 Å². The molecule has 2 aromatic carbocycles. The third kappa shape index (κ3) is 11.1. The summed E-state index contributed by atoms with van der Waals surface area (Å²) in [6.07, 6.45) is 3.47. The number of hydrogen-bond donors (Lipinski definition) is 6. The van der Waals surface area contributed by atoms with Gasteiger partial charge < -0.3 is 41.0 Å². The molecule has 0 aliphatic carbocycles. The molecule has 1 aromatic heterocycles. The van der Waals surface area contributed by atoms with E-state index in [1.54, 1.807) is 30.5 Å². The summed E-state index contributed by atoms with van der Waals surface area (Å²) in [7, 11) is 1.52. The van der Waals surface area contributed by atoms with Gasteiger partial charge in [0.25, 0.3) is 11.8 Å². The van der Waals surface area contributed by atoms with Gasteiger partial charge in [0.05, 0.1) is 7.11 Å². The van der Waals surface area contributed by atoms with Crippen LogP contribution >= 0.6 is 0 Å². The van der Waals surface area contributed by atoms with E-state index in [1.807, 2.05) is 50.2 Å². The normalized spacial score (nSPS) is 20.3. The molecule has 2 bridgehead atoms. The maximum absolute atomic E-state index is 13.8. The Morgan fingerprint density at radius 1 is 0.918 bits per heavy atom. The third-order valence-electron chi connectivity index (χ3n) is 8.15. The van der Waals surface area contributed by atoms with Crippen molar-refractivity contribution in [1.29, 1.82) is 0 Å². The fraction of sp³-hybridized carbons (Fsp3) is 0.417. The van der Waals surface area contributed by atoms with Crippen molar-refractivity contribution in [3.63, 3.8) is 0 Å². The first-order valence-electron chi connectivity index (χ1n) is 16.6. The molecule has 13 nitrogen and oxygen atoms in total. The molecule has 6 N–H and O–H groups in total. The van der Waals surface area contributed by atoms with E-state index < -0.39 is 35.8 Å². The van der Waals surface area contributed by atoms with Crippen molar-refractivity contribution in [3.8, 4) is 11.5 Å². The number of methoxy groups -OCH3 is 1. The lowest BCUT2D eigenvalue weighted by atomic mass is 10.00. The monoisotopic (exact) mass is 674 g/mol. The van der Waals surface area contributed by atoms with Crippen LogP contribution in [0.5, 0.6) is 11.5 Å². The third-order valence-corrected chi connectivity index (χ3v) is 8.15. The van der Waals surface area contributed by atoms with Crippen molar-refractivity contribution in [2.75, 3.05) is 26.8 Å². The number of nitrogens with one attached hydrogen (secondary N) is 6. The largest absolute Gasteiger partial charge is 0.493 e. The molecule has 0 fully saturated rings. The number of benzene rings is 2. The van der Waals surface area contributed by atoms with E-state index in [2.05, 4.69) is 31.6 Å². The number of rotatable bonds is 6. The number of H-pyrrole nitrogens is 1. The van der Waals surface area contributed by atoms with Gasteiger partial charge in [-0.2, -0.15) is 0 Å². The fourth-order valence-corrected chi connectivity index (χ4v) is 5.43. The Bertz CT molecular complexity index is 1560. The number of aromatic amines is 1. The number of carbonyl (C=O) groups excluding carboxylic acids is 5. The van der Waals surface area contributed by atoms with Crippen LogP contribution in [-0.4, -0.2) is 79.5 Å². The zero-order valence-electron chi connectivity index (χ0n) is 28.2. The highest BCUT2D eigenvalue weighted by Crippen LogP contribution is 2.28. The Morgan fingerprint density at radius 2 is 1.69 bits per heavy atom. The summed E-state index contributed by atoms with van der Waals surface area (Å²) in [5, 5.41) is 14.1. The molecule has 3 aromatic rings. The molecule has 3 atom stereocenters. The Hall–Kier alpha value is -5.33. The SMILES string of the molecule is COc1ccc2cc1OCC(=O)NCCC[C@H](NC(=O)c1ccc[nH]1)C(=O)N[C@@H](Cc1ccccc1)C(=O)N[C@H](C(C)C)C(=O)NCCC2. The van der Waals surface area contributed by atoms with Crippen molar-refractivity contribution in [1.82, 2.24) is 31.6 Å². The molecule has 13 heteroatoms. The van der Waals surface area contributed by atoms with Gasteiger partial charge in [-0.15, -0.1) is 0 Å². The summed E-state index contributed by atoms with van der Waals surface area (Å²) in [6, 6.07) is 15.0. The van der Waals surface area contributed by atoms with Gasteiger partial charge in [-0.25, -0.2) is 0 Å². The number of aromatic nitrogens is 1. The number of aryl methyl sites for hydroxylation is 1. The first-order chi connectivity index (χ1) is 23.6. The average molecular weight is 675 g/mol. The minimum absolute atomic E-state index is 0.155. The first-order valence-corrected chi connectivity index (χ1v) is 16.6. The molecule has 49 heavy (non-hydrogen) atoms. The number of ether oxygens (including phenoxy) is 2. The van der Waals surface area contributed by atoms with Crippen LogP contribution in [0.2, 0.25) is 0 Å². The summed E-state index contributed by atoms with van der Waals surface area (Å²) in [5.74, 6) is -1.66. The van der Waals surface area contributed by atoms with Crippen LogP contribution in [0.15, 0.2) is 66.9 Å². The average Bonchev–Trinajstić information content (AvgIpc) is 3.64. The molecular formula is C36H46N6O7. The molecule has 5 amide bonds. The lowest BCUT2D eigenvalue weighted by Crippen LogP contribution is -2.58. The molecule has 0 saturated heterocycles.